The highest BCUT2D eigenvalue weighted by molar-refractivity contribution is 5.83. The van der Waals surface area contributed by atoms with E-state index in [1.54, 1.807) is 25.3 Å². The molecule has 3 N–H and O–H groups in total. The molecule has 20 heavy (non-hydrogen) atoms. The third kappa shape index (κ3) is 4.51. The molecule has 7 heteroatoms. The Balaban J connectivity index is 2.69. The van der Waals surface area contributed by atoms with Crippen molar-refractivity contribution in [1.29, 1.82) is 0 Å². The number of nitrogens with zero attached hydrogens (tertiary/aromatic N) is 2. The van der Waals surface area contributed by atoms with Crippen molar-refractivity contribution in [3.8, 4) is 0 Å². The van der Waals surface area contributed by atoms with Crippen molar-refractivity contribution in [3.05, 3.63) is 30.1 Å². The smallest absolute Gasteiger partial charge is 0.328 e. The largest absolute Gasteiger partial charge is 0.480 e. The quantitative estimate of drug-likeness (QED) is 0.702. The molecule has 1 aromatic heterocycles. The summed E-state index contributed by atoms with van der Waals surface area (Å²) in [4.78, 5) is 28.5. The predicted octanol–water partition coefficient (Wildman–Crippen LogP) is 0.447. The standard InChI is InChI=1S/C13H19N3O4/c1-3-16(8-10-6-4-5-7-14-10)13(20)15-11(9(2)17)12(18)19/h4-7,9,11,17H,3,8H2,1-2H3,(H,15,20)(H,18,19). The summed E-state index contributed by atoms with van der Waals surface area (Å²) in [6.45, 7) is 3.76. The fraction of sp³-hybridized carbons (Fsp3) is 0.462. The summed E-state index contributed by atoms with van der Waals surface area (Å²) in [5, 5.41) is 20.6. The first-order valence-corrected chi connectivity index (χ1v) is 6.32. The lowest BCUT2D eigenvalue weighted by molar-refractivity contribution is -0.141. The second-order valence-corrected chi connectivity index (χ2v) is 4.34. The summed E-state index contributed by atoms with van der Waals surface area (Å²) in [7, 11) is 0. The van der Waals surface area contributed by atoms with E-state index in [1.165, 1.54) is 11.8 Å². The molecule has 0 aliphatic carbocycles. The Morgan fingerprint density at radius 3 is 2.60 bits per heavy atom. The molecule has 0 saturated carbocycles. The van der Waals surface area contributed by atoms with Crippen LogP contribution in [0.1, 0.15) is 19.5 Å². The van der Waals surface area contributed by atoms with Crippen molar-refractivity contribution in [2.24, 2.45) is 0 Å². The summed E-state index contributed by atoms with van der Waals surface area (Å²) >= 11 is 0. The zero-order chi connectivity index (χ0) is 15.1. The number of amides is 2. The second kappa shape index (κ2) is 7.44. The SMILES string of the molecule is CCN(Cc1ccccn1)C(=O)NC(C(=O)O)C(C)O. The molecule has 7 nitrogen and oxygen atoms in total. The maximum Gasteiger partial charge on any atom is 0.328 e. The van der Waals surface area contributed by atoms with Gasteiger partial charge in [0.2, 0.25) is 0 Å². The Kier molecular flexibility index (Phi) is 5.92. The van der Waals surface area contributed by atoms with Crippen molar-refractivity contribution in [3.63, 3.8) is 0 Å². The topological polar surface area (TPSA) is 103 Å². The minimum Gasteiger partial charge on any atom is -0.480 e. The maximum atomic E-state index is 12.0. The van der Waals surface area contributed by atoms with E-state index >= 15 is 0 Å². The van der Waals surface area contributed by atoms with Gasteiger partial charge in [-0.1, -0.05) is 6.07 Å². The van der Waals surface area contributed by atoms with Crippen LogP contribution in [0.4, 0.5) is 4.79 Å². The highest BCUT2D eigenvalue weighted by Crippen LogP contribution is 2.03. The molecule has 0 aromatic carbocycles. The number of aliphatic hydroxyl groups is 1. The van der Waals surface area contributed by atoms with Gasteiger partial charge in [-0.25, -0.2) is 9.59 Å². The average Bonchev–Trinajstić information content (AvgIpc) is 2.42. The number of hydrogen-bond acceptors (Lipinski definition) is 4. The normalized spacial score (nSPS) is 13.3. The number of carbonyl (C=O) groups excluding carboxylic acids is 1. The summed E-state index contributed by atoms with van der Waals surface area (Å²) < 4.78 is 0. The van der Waals surface area contributed by atoms with Gasteiger partial charge in [-0.2, -0.15) is 0 Å². The lowest BCUT2D eigenvalue weighted by Crippen LogP contribution is -2.52. The number of urea groups is 1. The summed E-state index contributed by atoms with van der Waals surface area (Å²) in [6.07, 6.45) is 0.446. The highest BCUT2D eigenvalue weighted by Gasteiger charge is 2.26. The van der Waals surface area contributed by atoms with Gasteiger partial charge >= 0.3 is 12.0 Å². The molecule has 2 unspecified atom stereocenters. The molecule has 1 heterocycles. The second-order valence-electron chi connectivity index (χ2n) is 4.34. The summed E-state index contributed by atoms with van der Waals surface area (Å²) in [5.41, 5.74) is 0.702. The van der Waals surface area contributed by atoms with E-state index in [9.17, 15) is 14.7 Å². The van der Waals surface area contributed by atoms with Gasteiger partial charge in [-0.3, -0.25) is 4.98 Å². The zero-order valence-electron chi connectivity index (χ0n) is 11.5. The number of aliphatic carboxylic acids is 1. The molecule has 0 aliphatic rings. The number of pyridine rings is 1. The summed E-state index contributed by atoms with van der Waals surface area (Å²) in [6, 6.07) is 3.48. The fourth-order valence-electron chi connectivity index (χ4n) is 1.63. The van der Waals surface area contributed by atoms with Crippen LogP contribution >= 0.6 is 0 Å². The van der Waals surface area contributed by atoms with Crippen LogP contribution < -0.4 is 5.32 Å². The first-order chi connectivity index (χ1) is 9.45. The van der Waals surface area contributed by atoms with Gasteiger partial charge in [0.15, 0.2) is 6.04 Å². The van der Waals surface area contributed by atoms with Crippen LogP contribution in [0, 0.1) is 0 Å². The van der Waals surface area contributed by atoms with E-state index in [0.29, 0.717) is 12.2 Å². The van der Waals surface area contributed by atoms with Crippen molar-refractivity contribution >= 4 is 12.0 Å². The Morgan fingerprint density at radius 2 is 2.15 bits per heavy atom. The third-order valence-electron chi connectivity index (χ3n) is 2.78. The van der Waals surface area contributed by atoms with Gasteiger partial charge in [-0.15, -0.1) is 0 Å². The van der Waals surface area contributed by atoms with Crippen molar-refractivity contribution in [1.82, 2.24) is 15.2 Å². The van der Waals surface area contributed by atoms with Crippen LogP contribution in [-0.2, 0) is 11.3 Å². The van der Waals surface area contributed by atoms with E-state index in [2.05, 4.69) is 10.3 Å². The van der Waals surface area contributed by atoms with Crippen LogP contribution in [0.3, 0.4) is 0 Å². The molecule has 0 bridgehead atoms. The van der Waals surface area contributed by atoms with Crippen LogP contribution in [0.25, 0.3) is 0 Å². The van der Waals surface area contributed by atoms with Gasteiger partial charge in [0.25, 0.3) is 0 Å². The van der Waals surface area contributed by atoms with Crippen molar-refractivity contribution in [2.75, 3.05) is 6.54 Å². The molecule has 2 atom stereocenters. The number of aromatic nitrogens is 1. The van der Waals surface area contributed by atoms with Gasteiger partial charge in [0, 0.05) is 12.7 Å². The van der Waals surface area contributed by atoms with E-state index < -0.39 is 24.1 Å². The molecule has 2 amide bonds. The third-order valence-corrected chi connectivity index (χ3v) is 2.78. The van der Waals surface area contributed by atoms with Gasteiger partial charge in [0.05, 0.1) is 18.3 Å². The molecular weight excluding hydrogens is 262 g/mol. The molecular formula is C13H19N3O4. The summed E-state index contributed by atoms with van der Waals surface area (Å²) in [5.74, 6) is -1.28. The Hall–Kier alpha value is -2.15. The molecule has 110 valence electrons. The fourth-order valence-corrected chi connectivity index (χ4v) is 1.63. The number of nitrogens with one attached hydrogen (secondary N) is 1. The van der Waals surface area contributed by atoms with Crippen LogP contribution in [0.15, 0.2) is 24.4 Å². The van der Waals surface area contributed by atoms with Gasteiger partial charge in [-0.05, 0) is 26.0 Å². The number of rotatable bonds is 6. The first kappa shape index (κ1) is 15.9. The predicted molar refractivity (Wildman–Crippen MR) is 72.0 cm³/mol. The van der Waals surface area contributed by atoms with Crippen LogP contribution in [0.5, 0.6) is 0 Å². The van der Waals surface area contributed by atoms with Crippen molar-refractivity contribution < 1.29 is 19.8 Å². The molecule has 1 aromatic rings. The molecule has 0 saturated heterocycles. The van der Waals surface area contributed by atoms with E-state index in [-0.39, 0.29) is 6.54 Å². The van der Waals surface area contributed by atoms with E-state index in [4.69, 9.17) is 5.11 Å². The number of hydrogen-bond donors (Lipinski definition) is 3. The zero-order valence-corrected chi connectivity index (χ0v) is 11.5. The van der Waals surface area contributed by atoms with E-state index in [1.807, 2.05) is 6.07 Å². The molecule has 0 spiro atoms. The van der Waals surface area contributed by atoms with Gasteiger partial charge in [0.1, 0.15) is 0 Å². The Labute approximate surface area is 117 Å². The molecule has 1 rings (SSSR count). The number of carboxylic acids is 1. The first-order valence-electron chi connectivity index (χ1n) is 6.32. The number of carbonyl (C=O) groups is 2. The minimum absolute atomic E-state index is 0.273. The Morgan fingerprint density at radius 1 is 1.45 bits per heavy atom. The average molecular weight is 281 g/mol. The minimum atomic E-state index is -1.33. The number of aliphatic hydroxyl groups excluding tert-OH is 1. The van der Waals surface area contributed by atoms with E-state index in [0.717, 1.165) is 0 Å². The van der Waals surface area contributed by atoms with Gasteiger partial charge < -0.3 is 20.4 Å². The Bertz CT molecular complexity index is 450. The van der Waals surface area contributed by atoms with Crippen LogP contribution in [-0.4, -0.2) is 50.8 Å². The number of carboxylic acid groups (broad SMARTS) is 1. The monoisotopic (exact) mass is 281 g/mol. The molecule has 0 aliphatic heterocycles. The maximum absolute atomic E-state index is 12.0. The molecule has 0 fully saturated rings. The highest BCUT2D eigenvalue weighted by atomic mass is 16.4. The lowest BCUT2D eigenvalue weighted by atomic mass is 10.2. The lowest BCUT2D eigenvalue weighted by Gasteiger charge is -2.24. The molecule has 0 radical (unpaired) electrons. The van der Waals surface area contributed by atoms with Crippen molar-refractivity contribution in [2.45, 2.75) is 32.5 Å². The van der Waals surface area contributed by atoms with Crippen LogP contribution in [0.2, 0.25) is 0 Å².